The zero-order valence-electron chi connectivity index (χ0n) is 11.0. The largest absolute Gasteiger partial charge is 0.384 e. The van der Waals surface area contributed by atoms with Crippen LogP contribution in [-0.2, 0) is 11.2 Å². The van der Waals surface area contributed by atoms with Gasteiger partial charge in [0, 0.05) is 25.7 Å². The van der Waals surface area contributed by atoms with Gasteiger partial charge in [-0.2, -0.15) is 0 Å². The molecule has 1 fully saturated rings. The molecule has 3 atom stereocenters. The number of rotatable bonds is 3. The van der Waals surface area contributed by atoms with Crippen molar-refractivity contribution in [2.24, 2.45) is 11.7 Å². The number of benzene rings is 1. The van der Waals surface area contributed by atoms with Crippen LogP contribution >= 0.6 is 0 Å². The fourth-order valence-corrected chi connectivity index (χ4v) is 3.50. The average molecular weight is 246 g/mol. The summed E-state index contributed by atoms with van der Waals surface area (Å²) < 4.78 is 5.27. The van der Waals surface area contributed by atoms with Gasteiger partial charge >= 0.3 is 0 Å². The van der Waals surface area contributed by atoms with Crippen LogP contribution < -0.4 is 5.73 Å². The van der Waals surface area contributed by atoms with E-state index in [9.17, 15) is 0 Å². The number of hydrogen-bond acceptors (Lipinski definition) is 3. The van der Waals surface area contributed by atoms with Crippen LogP contribution in [0.5, 0.6) is 0 Å². The Labute approximate surface area is 109 Å². The molecule has 0 saturated carbocycles. The Morgan fingerprint density at radius 2 is 2.22 bits per heavy atom. The van der Waals surface area contributed by atoms with Gasteiger partial charge in [0.15, 0.2) is 0 Å². The van der Waals surface area contributed by atoms with Gasteiger partial charge in [0.1, 0.15) is 0 Å². The number of fused-ring (bicyclic) bond motifs is 1. The van der Waals surface area contributed by atoms with Crippen LogP contribution in [0.4, 0.5) is 0 Å². The number of methoxy groups -OCH3 is 1. The lowest BCUT2D eigenvalue weighted by Gasteiger charge is -2.27. The minimum absolute atomic E-state index is 0.183. The van der Waals surface area contributed by atoms with Gasteiger partial charge in [-0.1, -0.05) is 24.3 Å². The molecule has 2 aliphatic rings. The first kappa shape index (κ1) is 12.2. The predicted molar refractivity (Wildman–Crippen MR) is 72.4 cm³/mol. The molecule has 1 aliphatic carbocycles. The Kier molecular flexibility index (Phi) is 3.37. The molecule has 3 heteroatoms. The molecule has 0 aromatic heterocycles. The number of hydrogen-bond donors (Lipinski definition) is 1. The lowest BCUT2D eigenvalue weighted by Crippen LogP contribution is -2.39. The van der Waals surface area contributed by atoms with E-state index in [1.807, 2.05) is 0 Å². The number of nitrogens with two attached hydrogens (primary N) is 1. The van der Waals surface area contributed by atoms with Gasteiger partial charge in [0.2, 0.25) is 0 Å². The molecule has 0 radical (unpaired) electrons. The van der Waals surface area contributed by atoms with Crippen LogP contribution in [0.2, 0.25) is 0 Å². The highest BCUT2D eigenvalue weighted by Crippen LogP contribution is 2.35. The summed E-state index contributed by atoms with van der Waals surface area (Å²) in [5, 5.41) is 0. The fourth-order valence-electron chi connectivity index (χ4n) is 3.50. The van der Waals surface area contributed by atoms with Crippen LogP contribution in [-0.4, -0.2) is 37.7 Å². The van der Waals surface area contributed by atoms with Crippen molar-refractivity contribution in [3.05, 3.63) is 35.4 Å². The first-order chi connectivity index (χ1) is 8.79. The highest BCUT2D eigenvalue weighted by atomic mass is 16.5. The number of nitrogens with zero attached hydrogens (tertiary/aromatic N) is 1. The summed E-state index contributed by atoms with van der Waals surface area (Å²) in [5.41, 5.74) is 9.20. The SMILES string of the molecule is COCC1CCN(C2Cc3ccccc3C2N)C1. The fraction of sp³-hybridized carbons (Fsp3) is 0.600. The standard InChI is InChI=1S/C15H22N2O/c1-18-10-11-6-7-17(9-11)14-8-12-4-2-3-5-13(12)15(14)16/h2-5,11,14-15H,6-10,16H2,1H3. The highest BCUT2D eigenvalue weighted by Gasteiger charge is 2.36. The summed E-state index contributed by atoms with van der Waals surface area (Å²) in [4.78, 5) is 2.56. The van der Waals surface area contributed by atoms with Crippen molar-refractivity contribution in [1.29, 1.82) is 0 Å². The molecule has 1 aromatic carbocycles. The summed E-state index contributed by atoms with van der Waals surface area (Å²) >= 11 is 0. The van der Waals surface area contributed by atoms with Crippen LogP contribution in [0, 0.1) is 5.92 Å². The van der Waals surface area contributed by atoms with Crippen molar-refractivity contribution < 1.29 is 4.74 Å². The van der Waals surface area contributed by atoms with E-state index in [1.54, 1.807) is 7.11 Å². The monoisotopic (exact) mass is 246 g/mol. The molecule has 1 aromatic rings. The molecule has 1 heterocycles. The van der Waals surface area contributed by atoms with E-state index < -0.39 is 0 Å². The first-order valence-corrected chi connectivity index (χ1v) is 6.86. The number of likely N-dealkylation sites (tertiary alicyclic amines) is 1. The zero-order chi connectivity index (χ0) is 12.5. The predicted octanol–water partition coefficient (Wildman–Crippen LogP) is 1.58. The van der Waals surface area contributed by atoms with E-state index in [4.69, 9.17) is 10.5 Å². The summed E-state index contributed by atoms with van der Waals surface area (Å²) in [5.74, 6) is 0.686. The van der Waals surface area contributed by atoms with E-state index in [2.05, 4.69) is 29.2 Å². The van der Waals surface area contributed by atoms with Crippen molar-refractivity contribution in [2.75, 3.05) is 26.8 Å². The smallest absolute Gasteiger partial charge is 0.0503 e. The normalized spacial score (nSPS) is 31.8. The lowest BCUT2D eigenvalue weighted by atomic mass is 10.1. The summed E-state index contributed by atoms with van der Waals surface area (Å²) in [7, 11) is 1.79. The van der Waals surface area contributed by atoms with Crippen LogP contribution in [0.1, 0.15) is 23.6 Å². The van der Waals surface area contributed by atoms with Gasteiger partial charge in [-0.05, 0) is 36.4 Å². The van der Waals surface area contributed by atoms with E-state index in [-0.39, 0.29) is 6.04 Å². The molecule has 3 nitrogen and oxygen atoms in total. The van der Waals surface area contributed by atoms with E-state index in [1.165, 1.54) is 24.1 Å². The summed E-state index contributed by atoms with van der Waals surface area (Å²) in [6.07, 6.45) is 2.35. The van der Waals surface area contributed by atoms with Gasteiger partial charge in [-0.15, -0.1) is 0 Å². The van der Waals surface area contributed by atoms with E-state index in [0.717, 1.165) is 19.6 Å². The van der Waals surface area contributed by atoms with Crippen LogP contribution in [0.15, 0.2) is 24.3 Å². The third kappa shape index (κ3) is 2.07. The summed E-state index contributed by atoms with van der Waals surface area (Å²) in [6, 6.07) is 9.29. The third-order valence-electron chi connectivity index (χ3n) is 4.45. The Bertz CT molecular complexity index is 421. The van der Waals surface area contributed by atoms with Crippen molar-refractivity contribution >= 4 is 0 Å². The molecular formula is C15H22N2O. The maximum Gasteiger partial charge on any atom is 0.0503 e. The topological polar surface area (TPSA) is 38.5 Å². The second-order valence-electron chi connectivity index (χ2n) is 5.60. The quantitative estimate of drug-likeness (QED) is 0.880. The third-order valence-corrected chi connectivity index (χ3v) is 4.45. The minimum Gasteiger partial charge on any atom is -0.384 e. The highest BCUT2D eigenvalue weighted by molar-refractivity contribution is 5.37. The zero-order valence-corrected chi connectivity index (χ0v) is 11.0. The molecule has 98 valence electrons. The first-order valence-electron chi connectivity index (χ1n) is 6.86. The Morgan fingerprint density at radius 1 is 1.39 bits per heavy atom. The molecule has 3 unspecified atom stereocenters. The second-order valence-corrected chi connectivity index (χ2v) is 5.60. The van der Waals surface area contributed by atoms with E-state index in [0.29, 0.717) is 12.0 Å². The van der Waals surface area contributed by atoms with Gasteiger partial charge in [-0.25, -0.2) is 0 Å². The molecule has 0 amide bonds. The van der Waals surface area contributed by atoms with Gasteiger partial charge < -0.3 is 10.5 Å². The van der Waals surface area contributed by atoms with Gasteiger partial charge in [0.05, 0.1) is 6.61 Å². The van der Waals surface area contributed by atoms with Crippen LogP contribution in [0.3, 0.4) is 0 Å². The number of ether oxygens (including phenoxy) is 1. The van der Waals surface area contributed by atoms with Crippen molar-refractivity contribution in [3.63, 3.8) is 0 Å². The molecule has 3 rings (SSSR count). The van der Waals surface area contributed by atoms with Crippen molar-refractivity contribution in [2.45, 2.75) is 24.9 Å². The Hall–Kier alpha value is -0.900. The summed E-state index contributed by atoms with van der Waals surface area (Å²) in [6.45, 7) is 3.19. The second kappa shape index (κ2) is 5.00. The molecule has 18 heavy (non-hydrogen) atoms. The molecule has 1 aliphatic heterocycles. The Balaban J connectivity index is 1.70. The van der Waals surface area contributed by atoms with E-state index >= 15 is 0 Å². The van der Waals surface area contributed by atoms with Crippen molar-refractivity contribution in [3.8, 4) is 0 Å². The average Bonchev–Trinajstić information content (AvgIpc) is 2.96. The van der Waals surface area contributed by atoms with Gasteiger partial charge in [-0.3, -0.25) is 4.90 Å². The van der Waals surface area contributed by atoms with Crippen molar-refractivity contribution in [1.82, 2.24) is 4.90 Å². The minimum atomic E-state index is 0.183. The molecule has 1 saturated heterocycles. The molecule has 0 spiro atoms. The molecular weight excluding hydrogens is 224 g/mol. The van der Waals surface area contributed by atoms with Gasteiger partial charge in [0.25, 0.3) is 0 Å². The van der Waals surface area contributed by atoms with Crippen LogP contribution in [0.25, 0.3) is 0 Å². The maximum absolute atomic E-state index is 6.42. The Morgan fingerprint density at radius 3 is 3.00 bits per heavy atom. The molecule has 0 bridgehead atoms. The molecule has 2 N–H and O–H groups in total. The lowest BCUT2D eigenvalue weighted by molar-refractivity contribution is 0.144. The maximum atomic E-state index is 6.42.